The topological polar surface area (TPSA) is 93.2 Å². The second kappa shape index (κ2) is 12.6. The number of nitrogens with zero attached hydrogens (tertiary/aromatic N) is 2. The summed E-state index contributed by atoms with van der Waals surface area (Å²) in [5.41, 5.74) is -3.30. The van der Waals surface area contributed by atoms with Crippen LogP contribution in [0.5, 0.6) is 23.0 Å². The first kappa shape index (κ1) is 34.7. The largest absolute Gasteiger partial charge is 0.457 e. The summed E-state index contributed by atoms with van der Waals surface area (Å²) < 4.78 is 97.1. The van der Waals surface area contributed by atoms with E-state index in [9.17, 15) is 45.5 Å². The molecule has 4 aromatic rings. The van der Waals surface area contributed by atoms with E-state index in [1.807, 2.05) is 0 Å². The van der Waals surface area contributed by atoms with Gasteiger partial charge in [-0.3, -0.25) is 19.2 Å². The van der Waals surface area contributed by atoms with Crippen LogP contribution in [0.2, 0.25) is 0 Å². The molecule has 0 saturated heterocycles. The molecule has 14 heteroatoms. The van der Waals surface area contributed by atoms with Crippen molar-refractivity contribution in [2.24, 2.45) is 0 Å². The maximum atomic E-state index is 14.3. The van der Waals surface area contributed by atoms with Gasteiger partial charge in [0.05, 0.1) is 22.5 Å². The van der Waals surface area contributed by atoms with Crippen LogP contribution < -0.4 is 19.3 Å². The summed E-state index contributed by atoms with van der Waals surface area (Å²) in [6.45, 7) is 2.95. The molecule has 2 aliphatic heterocycles. The van der Waals surface area contributed by atoms with E-state index >= 15 is 0 Å². The van der Waals surface area contributed by atoms with Crippen LogP contribution >= 0.6 is 0 Å². The quantitative estimate of drug-likeness (QED) is 0.135. The van der Waals surface area contributed by atoms with Crippen molar-refractivity contribution in [3.05, 3.63) is 131 Å². The molecule has 2 aliphatic rings. The van der Waals surface area contributed by atoms with Gasteiger partial charge in [-0.1, -0.05) is 26.0 Å². The van der Waals surface area contributed by atoms with Gasteiger partial charge < -0.3 is 9.47 Å². The van der Waals surface area contributed by atoms with E-state index in [0.29, 0.717) is 0 Å². The number of carbonyl (C=O) groups excluding carboxylic acids is 4. The highest BCUT2D eigenvalue weighted by Crippen LogP contribution is 2.45. The summed E-state index contributed by atoms with van der Waals surface area (Å²) in [7, 11) is 0. The third-order valence-corrected chi connectivity index (χ3v) is 8.28. The maximum absolute atomic E-state index is 14.3. The Morgan fingerprint density at radius 1 is 0.471 bits per heavy atom. The minimum Gasteiger partial charge on any atom is -0.457 e. The zero-order valence-corrected chi connectivity index (χ0v) is 26.5. The van der Waals surface area contributed by atoms with Gasteiger partial charge in [0.1, 0.15) is 23.0 Å². The standard InChI is InChI=1S/C37H24F6N2O6/c1-35(2,21-3-13-29(27(19-21)36(38,39)40)50-25-9-5-23(6-10-25)44-31(46)15-16-32(44)47)22-4-14-30(28(20-22)37(41,42)43)51-26-11-7-24(8-12-26)45-33(48)17-18-34(45)49/h3-20H,1-2H3. The molecule has 0 saturated carbocycles. The monoisotopic (exact) mass is 706 g/mol. The lowest BCUT2D eigenvalue weighted by atomic mass is 9.77. The van der Waals surface area contributed by atoms with Gasteiger partial charge in [-0.05, 0) is 83.9 Å². The van der Waals surface area contributed by atoms with Crippen molar-refractivity contribution in [3.63, 3.8) is 0 Å². The number of ether oxygens (including phenoxy) is 2. The highest BCUT2D eigenvalue weighted by molar-refractivity contribution is 6.28. The summed E-state index contributed by atoms with van der Waals surface area (Å²) in [6.07, 6.45) is -5.50. The molecule has 2 heterocycles. The van der Waals surface area contributed by atoms with E-state index in [1.165, 1.54) is 74.5 Å². The molecule has 8 nitrogen and oxygen atoms in total. The smallest absolute Gasteiger partial charge is 0.419 e. The lowest BCUT2D eigenvalue weighted by Gasteiger charge is -2.29. The fourth-order valence-corrected chi connectivity index (χ4v) is 5.52. The van der Waals surface area contributed by atoms with Crippen molar-refractivity contribution >= 4 is 35.0 Å². The number of halogens is 6. The predicted molar refractivity (Wildman–Crippen MR) is 171 cm³/mol. The first-order valence-electron chi connectivity index (χ1n) is 15.0. The Morgan fingerprint density at radius 3 is 1.08 bits per heavy atom. The molecule has 0 bridgehead atoms. The molecule has 51 heavy (non-hydrogen) atoms. The Balaban J connectivity index is 1.27. The second-order valence-electron chi connectivity index (χ2n) is 11.9. The molecule has 4 aromatic carbocycles. The number of imide groups is 2. The molecule has 0 aromatic heterocycles. The summed E-state index contributed by atoms with van der Waals surface area (Å²) in [5, 5.41) is 0. The molecular formula is C37H24F6N2O6. The van der Waals surface area contributed by atoms with Gasteiger partial charge in [-0.15, -0.1) is 0 Å². The van der Waals surface area contributed by atoms with E-state index in [4.69, 9.17) is 9.47 Å². The Morgan fingerprint density at radius 2 is 0.784 bits per heavy atom. The van der Waals surface area contributed by atoms with Gasteiger partial charge >= 0.3 is 12.4 Å². The van der Waals surface area contributed by atoms with Gasteiger partial charge in [-0.2, -0.15) is 26.3 Å². The van der Waals surface area contributed by atoms with Gasteiger partial charge in [0, 0.05) is 29.7 Å². The molecule has 0 fully saturated rings. The second-order valence-corrected chi connectivity index (χ2v) is 11.9. The number of carbonyl (C=O) groups is 4. The zero-order chi connectivity index (χ0) is 36.9. The van der Waals surface area contributed by atoms with E-state index < -0.39 is 64.0 Å². The van der Waals surface area contributed by atoms with Crippen LogP contribution in [0, 0.1) is 0 Å². The van der Waals surface area contributed by atoms with Crippen molar-refractivity contribution in [2.75, 3.05) is 9.80 Å². The van der Waals surface area contributed by atoms with E-state index in [1.54, 1.807) is 0 Å². The number of hydrogen-bond donors (Lipinski definition) is 0. The third kappa shape index (κ3) is 6.84. The van der Waals surface area contributed by atoms with Gasteiger partial charge in [-0.25, -0.2) is 9.80 Å². The number of anilines is 2. The molecule has 0 spiro atoms. The minimum absolute atomic E-state index is 0.0293. The molecule has 4 amide bonds. The summed E-state index contributed by atoms with van der Waals surface area (Å²) in [6, 6.07) is 16.9. The van der Waals surface area contributed by atoms with Crippen LogP contribution in [-0.4, -0.2) is 23.6 Å². The lowest BCUT2D eigenvalue weighted by molar-refractivity contribution is -0.139. The van der Waals surface area contributed by atoms with Gasteiger partial charge in [0.2, 0.25) is 0 Å². The minimum atomic E-state index is -4.92. The van der Waals surface area contributed by atoms with Crippen LogP contribution in [0.25, 0.3) is 0 Å². The number of benzene rings is 4. The molecule has 0 unspecified atom stereocenters. The molecule has 260 valence electrons. The van der Waals surface area contributed by atoms with Crippen molar-refractivity contribution in [2.45, 2.75) is 31.6 Å². The lowest BCUT2D eigenvalue weighted by Crippen LogP contribution is -2.29. The van der Waals surface area contributed by atoms with Crippen LogP contribution in [0.3, 0.4) is 0 Å². The van der Waals surface area contributed by atoms with Crippen molar-refractivity contribution < 1.29 is 55.0 Å². The molecule has 0 aliphatic carbocycles. The van der Waals surface area contributed by atoms with Gasteiger partial charge in [0.15, 0.2) is 0 Å². The average molecular weight is 707 g/mol. The number of rotatable bonds is 8. The predicted octanol–water partition coefficient (Wildman–Crippen LogP) is 8.49. The molecule has 0 atom stereocenters. The van der Waals surface area contributed by atoms with Gasteiger partial charge in [0.25, 0.3) is 23.6 Å². The summed E-state index contributed by atoms with van der Waals surface area (Å²) in [4.78, 5) is 49.5. The fraction of sp³-hybridized carbons (Fsp3) is 0.135. The zero-order valence-electron chi connectivity index (χ0n) is 26.5. The van der Waals surface area contributed by atoms with Crippen LogP contribution in [0.4, 0.5) is 37.7 Å². The maximum Gasteiger partial charge on any atom is 0.419 e. The highest BCUT2D eigenvalue weighted by atomic mass is 19.4. The molecule has 0 N–H and O–H groups in total. The Labute approximate surface area is 285 Å². The van der Waals surface area contributed by atoms with Crippen molar-refractivity contribution in [3.8, 4) is 23.0 Å². The normalized spacial score (nSPS) is 15.0. The van der Waals surface area contributed by atoms with Crippen LogP contribution in [0.1, 0.15) is 36.1 Å². The number of hydrogen-bond acceptors (Lipinski definition) is 6. The first-order chi connectivity index (χ1) is 23.9. The highest BCUT2D eigenvalue weighted by Gasteiger charge is 2.39. The summed E-state index contributed by atoms with van der Waals surface area (Å²) in [5.74, 6) is -3.51. The van der Waals surface area contributed by atoms with Crippen molar-refractivity contribution in [1.82, 2.24) is 0 Å². The molecule has 6 rings (SSSR count). The SMILES string of the molecule is CC(C)(c1ccc(Oc2ccc(N3C(=O)C=CC3=O)cc2)c(C(F)(F)F)c1)c1ccc(Oc2ccc(N3C(=O)C=CC3=O)cc2)c(C(F)(F)F)c1. The van der Waals surface area contributed by atoms with Crippen molar-refractivity contribution in [1.29, 1.82) is 0 Å². The third-order valence-electron chi connectivity index (χ3n) is 8.28. The Bertz CT molecular complexity index is 1950. The first-order valence-corrected chi connectivity index (χ1v) is 15.0. The fourth-order valence-electron chi connectivity index (χ4n) is 5.52. The Hall–Kier alpha value is -6.18. The number of alkyl halides is 6. The van der Waals surface area contributed by atoms with E-state index in [0.717, 1.165) is 58.4 Å². The average Bonchev–Trinajstić information content (AvgIpc) is 3.59. The molecular weight excluding hydrogens is 682 g/mol. The van der Waals surface area contributed by atoms with E-state index in [-0.39, 0.29) is 34.0 Å². The molecule has 0 radical (unpaired) electrons. The van der Waals surface area contributed by atoms with E-state index in [2.05, 4.69) is 0 Å². The number of amides is 4. The van der Waals surface area contributed by atoms with Crippen LogP contribution in [-0.2, 0) is 36.9 Å². The van der Waals surface area contributed by atoms with Crippen LogP contribution in [0.15, 0.2) is 109 Å². The Kier molecular flexibility index (Phi) is 8.57. The summed E-state index contributed by atoms with van der Waals surface area (Å²) >= 11 is 0.